The average Bonchev–Trinajstić information content (AvgIpc) is 2.98. The average molecular weight is 332 g/mol. The summed E-state index contributed by atoms with van der Waals surface area (Å²) in [5.74, 6) is 0. The summed E-state index contributed by atoms with van der Waals surface area (Å²) >= 11 is 7.68. The van der Waals surface area contributed by atoms with E-state index in [1.807, 2.05) is 12.1 Å². The highest BCUT2D eigenvalue weighted by atomic mass is 35.5. The molecule has 0 amide bonds. The quantitative estimate of drug-likeness (QED) is 0.840. The topological polar surface area (TPSA) is 12.0 Å². The highest BCUT2D eigenvalue weighted by Gasteiger charge is 1.96. The number of halogens is 1. The van der Waals surface area contributed by atoms with Crippen LogP contribution in [-0.4, -0.2) is 6.54 Å². The van der Waals surface area contributed by atoms with Gasteiger partial charge < -0.3 is 5.32 Å². The van der Waals surface area contributed by atoms with E-state index in [2.05, 4.69) is 61.0 Å². The minimum atomic E-state index is 0.790. The summed E-state index contributed by atoms with van der Waals surface area (Å²) in [4.78, 5) is 0. The number of rotatable bonds is 6. The van der Waals surface area contributed by atoms with Crippen molar-refractivity contribution in [3.63, 3.8) is 0 Å². The third-order valence-electron chi connectivity index (χ3n) is 3.44. The number of nitrogens with one attached hydrogen (secondary N) is 1. The molecule has 1 N–H and O–H groups in total. The van der Waals surface area contributed by atoms with Gasteiger partial charge in [0.1, 0.15) is 0 Å². The van der Waals surface area contributed by atoms with Gasteiger partial charge in [-0.3, -0.25) is 0 Å². The Bertz CT molecular complexity index is 726. The zero-order valence-corrected chi connectivity index (χ0v) is 14.7. The zero-order chi connectivity index (χ0) is 15.8. The van der Waals surface area contributed by atoms with Crippen molar-refractivity contribution < 1.29 is 0 Å². The third kappa shape index (κ3) is 5.04. The van der Waals surface area contributed by atoms with Crippen molar-refractivity contribution >= 4 is 34.7 Å². The molecule has 1 heterocycles. The molecule has 0 unspecified atom stereocenters. The summed E-state index contributed by atoms with van der Waals surface area (Å²) in [6.45, 7) is 5.22. The molecule has 22 heavy (non-hydrogen) atoms. The molecule has 0 fully saturated rings. The molecule has 2 rings (SSSR count). The smallest absolute Gasteiger partial charge is 0.0406 e. The van der Waals surface area contributed by atoms with Crippen LogP contribution >= 0.6 is 22.9 Å². The van der Waals surface area contributed by atoms with Crippen LogP contribution in [0.1, 0.15) is 25.8 Å². The predicted octanol–water partition coefficient (Wildman–Crippen LogP) is 4.11. The van der Waals surface area contributed by atoms with Crippen LogP contribution in [0, 0.1) is 0 Å². The Balaban J connectivity index is 2.03. The maximum atomic E-state index is 5.91. The predicted molar refractivity (Wildman–Crippen MR) is 99.7 cm³/mol. The van der Waals surface area contributed by atoms with Gasteiger partial charge in [0.15, 0.2) is 0 Å². The molecule has 0 aliphatic heterocycles. The summed E-state index contributed by atoms with van der Waals surface area (Å²) in [7, 11) is 0. The minimum absolute atomic E-state index is 0.790. The van der Waals surface area contributed by atoms with E-state index in [-0.39, 0.29) is 0 Å². The summed E-state index contributed by atoms with van der Waals surface area (Å²) in [5.41, 5.74) is 2.53. The maximum absolute atomic E-state index is 5.91. The standard InChI is InChI=1S/C19H22ClNS/c1-3-4-5-6-19-18(12-14-22-19)15(2)21-13-11-16-7-9-17(20)10-8-16/h4-10,12,14,21H,3,11,13H2,1-2H3/b5-4+,18-15+,19-6+. The van der Waals surface area contributed by atoms with Crippen LogP contribution in [0.25, 0.3) is 11.8 Å². The lowest BCUT2D eigenvalue weighted by Crippen LogP contribution is -2.27. The van der Waals surface area contributed by atoms with Crippen LogP contribution in [0.2, 0.25) is 5.02 Å². The van der Waals surface area contributed by atoms with Gasteiger partial charge in [-0.25, -0.2) is 0 Å². The second-order valence-corrected chi connectivity index (χ2v) is 6.51. The van der Waals surface area contributed by atoms with E-state index in [0.717, 1.165) is 24.4 Å². The molecule has 2 aromatic rings. The molecule has 0 saturated heterocycles. The largest absolute Gasteiger partial charge is 0.388 e. The summed E-state index contributed by atoms with van der Waals surface area (Å²) in [6, 6.07) is 10.2. The van der Waals surface area contributed by atoms with Crippen LogP contribution in [0.5, 0.6) is 0 Å². The number of thiophene rings is 1. The molecule has 0 radical (unpaired) electrons. The van der Waals surface area contributed by atoms with E-state index in [1.54, 1.807) is 11.3 Å². The van der Waals surface area contributed by atoms with Gasteiger partial charge in [-0.15, -0.1) is 11.3 Å². The van der Waals surface area contributed by atoms with Gasteiger partial charge in [-0.2, -0.15) is 0 Å². The molecular weight excluding hydrogens is 310 g/mol. The molecule has 0 atom stereocenters. The number of hydrogen-bond acceptors (Lipinski definition) is 2. The Morgan fingerprint density at radius 3 is 2.73 bits per heavy atom. The first-order valence-corrected chi connectivity index (χ1v) is 8.86. The Morgan fingerprint density at radius 2 is 2.00 bits per heavy atom. The molecule has 1 nitrogen and oxygen atoms in total. The Labute approximate surface area is 141 Å². The molecule has 0 saturated carbocycles. The lowest BCUT2D eigenvalue weighted by atomic mass is 10.1. The van der Waals surface area contributed by atoms with Crippen LogP contribution in [0.15, 0.2) is 47.9 Å². The van der Waals surface area contributed by atoms with Crippen molar-refractivity contribution in [2.24, 2.45) is 0 Å². The first kappa shape index (κ1) is 16.9. The van der Waals surface area contributed by atoms with Crippen LogP contribution in [-0.2, 0) is 6.42 Å². The Kier molecular flexibility index (Phi) is 6.75. The highest BCUT2D eigenvalue weighted by Crippen LogP contribution is 2.09. The molecule has 1 aromatic carbocycles. The first-order chi connectivity index (χ1) is 10.7. The SMILES string of the molecule is CC/C=C/C=c1/scc/c1=C(/C)NCCc1ccc(Cl)cc1. The Morgan fingerprint density at radius 1 is 1.23 bits per heavy atom. The number of hydrogen-bond donors (Lipinski definition) is 1. The van der Waals surface area contributed by atoms with Crippen molar-refractivity contribution in [1.29, 1.82) is 0 Å². The molecule has 0 aliphatic rings. The molecule has 1 aromatic heterocycles. The van der Waals surface area contributed by atoms with E-state index < -0.39 is 0 Å². The van der Waals surface area contributed by atoms with Gasteiger partial charge in [-0.05, 0) is 55.0 Å². The van der Waals surface area contributed by atoms with E-state index >= 15 is 0 Å². The number of allylic oxidation sites excluding steroid dienone is 2. The fourth-order valence-corrected chi connectivity index (χ4v) is 3.17. The van der Waals surface area contributed by atoms with E-state index in [0.29, 0.717) is 0 Å². The molecule has 116 valence electrons. The van der Waals surface area contributed by atoms with E-state index in [9.17, 15) is 0 Å². The molecule has 0 aliphatic carbocycles. The van der Waals surface area contributed by atoms with E-state index in [4.69, 9.17) is 11.6 Å². The second kappa shape index (κ2) is 8.82. The lowest BCUT2D eigenvalue weighted by Gasteiger charge is -2.06. The molecule has 3 heteroatoms. The maximum Gasteiger partial charge on any atom is 0.0406 e. The van der Waals surface area contributed by atoms with Crippen molar-refractivity contribution in [1.82, 2.24) is 5.32 Å². The van der Waals surface area contributed by atoms with Gasteiger partial charge in [0.25, 0.3) is 0 Å². The summed E-state index contributed by atoms with van der Waals surface area (Å²) in [6.07, 6.45) is 8.56. The Hall–Kier alpha value is -1.51. The number of benzene rings is 1. The zero-order valence-electron chi connectivity index (χ0n) is 13.1. The molecule has 0 bridgehead atoms. The van der Waals surface area contributed by atoms with Crippen LogP contribution in [0.4, 0.5) is 0 Å². The van der Waals surface area contributed by atoms with Gasteiger partial charge >= 0.3 is 0 Å². The van der Waals surface area contributed by atoms with Crippen molar-refractivity contribution in [3.8, 4) is 0 Å². The third-order valence-corrected chi connectivity index (χ3v) is 4.57. The fraction of sp³-hybridized carbons (Fsp3) is 0.263. The van der Waals surface area contributed by atoms with Gasteiger partial charge in [0.2, 0.25) is 0 Å². The highest BCUT2D eigenvalue weighted by molar-refractivity contribution is 7.07. The van der Waals surface area contributed by atoms with Gasteiger partial charge in [0.05, 0.1) is 0 Å². The van der Waals surface area contributed by atoms with Crippen molar-refractivity contribution in [2.45, 2.75) is 26.7 Å². The molecular formula is C19H22ClNS. The van der Waals surface area contributed by atoms with E-state index in [1.165, 1.54) is 21.0 Å². The second-order valence-electron chi connectivity index (χ2n) is 5.13. The minimum Gasteiger partial charge on any atom is -0.388 e. The monoisotopic (exact) mass is 331 g/mol. The fourth-order valence-electron chi connectivity index (χ4n) is 2.19. The first-order valence-electron chi connectivity index (χ1n) is 7.60. The van der Waals surface area contributed by atoms with Crippen LogP contribution in [0.3, 0.4) is 0 Å². The van der Waals surface area contributed by atoms with Gasteiger partial charge in [0, 0.05) is 27.0 Å². The summed E-state index contributed by atoms with van der Waals surface area (Å²) < 4.78 is 1.31. The van der Waals surface area contributed by atoms with Crippen molar-refractivity contribution in [3.05, 3.63) is 68.2 Å². The lowest BCUT2D eigenvalue weighted by molar-refractivity contribution is 0.839. The van der Waals surface area contributed by atoms with Crippen LogP contribution < -0.4 is 15.1 Å². The summed E-state index contributed by atoms with van der Waals surface area (Å²) in [5, 5.41) is 7.75. The molecule has 0 spiro atoms. The van der Waals surface area contributed by atoms with Gasteiger partial charge in [-0.1, -0.05) is 42.8 Å². The van der Waals surface area contributed by atoms with Crippen molar-refractivity contribution in [2.75, 3.05) is 6.54 Å². The normalized spacial score (nSPS) is 13.7.